The van der Waals surface area contributed by atoms with Gasteiger partial charge < -0.3 is 4.90 Å². The number of likely N-dealkylation sites (tertiary alicyclic amines) is 1. The quantitative estimate of drug-likeness (QED) is 0.715. The Hall–Kier alpha value is -3.29. The summed E-state index contributed by atoms with van der Waals surface area (Å²) in [6.07, 6.45) is 1.94. The maximum Gasteiger partial charge on any atom is 0.348 e. The zero-order valence-corrected chi connectivity index (χ0v) is 16.6. The smallest absolute Gasteiger partial charge is 0.339 e. The summed E-state index contributed by atoms with van der Waals surface area (Å²) in [7, 11) is 0. The summed E-state index contributed by atoms with van der Waals surface area (Å²) in [4.78, 5) is 26.6. The third kappa shape index (κ3) is 3.90. The number of benzene rings is 2. The Bertz CT molecular complexity index is 1130. The molecule has 0 radical (unpaired) electrons. The third-order valence-electron chi connectivity index (χ3n) is 5.63. The maximum absolute atomic E-state index is 14.2. The SMILES string of the molecule is Cc1ccc(C(=O)N2CCC(Cc3n[nH]c(=O)n3-c3ccccc3F)CC2)cc1F. The van der Waals surface area contributed by atoms with Gasteiger partial charge in [0.1, 0.15) is 17.5 Å². The molecule has 1 amide bonds. The molecule has 8 heteroatoms. The number of aromatic amines is 1. The van der Waals surface area contributed by atoms with Gasteiger partial charge in [-0.2, -0.15) is 5.10 Å². The minimum Gasteiger partial charge on any atom is -0.339 e. The lowest BCUT2D eigenvalue weighted by atomic mass is 9.92. The number of hydrogen-bond acceptors (Lipinski definition) is 3. The summed E-state index contributed by atoms with van der Waals surface area (Å²) < 4.78 is 29.2. The minimum atomic E-state index is -0.493. The first kappa shape index (κ1) is 20.0. The first-order valence-electron chi connectivity index (χ1n) is 9.90. The van der Waals surface area contributed by atoms with E-state index in [4.69, 9.17) is 0 Å². The third-order valence-corrected chi connectivity index (χ3v) is 5.63. The van der Waals surface area contributed by atoms with E-state index in [0.717, 1.165) is 12.8 Å². The molecule has 1 aliphatic rings. The molecule has 4 rings (SSSR count). The second-order valence-corrected chi connectivity index (χ2v) is 7.64. The van der Waals surface area contributed by atoms with Gasteiger partial charge in [-0.1, -0.05) is 18.2 Å². The van der Waals surface area contributed by atoms with Crippen molar-refractivity contribution in [3.63, 3.8) is 0 Å². The van der Waals surface area contributed by atoms with Gasteiger partial charge in [0.05, 0.1) is 5.69 Å². The molecule has 1 fully saturated rings. The van der Waals surface area contributed by atoms with E-state index in [9.17, 15) is 18.4 Å². The van der Waals surface area contributed by atoms with Crippen LogP contribution in [0.4, 0.5) is 8.78 Å². The van der Waals surface area contributed by atoms with Crippen LogP contribution in [0.2, 0.25) is 0 Å². The predicted octanol–water partition coefficient (Wildman–Crippen LogP) is 3.24. The van der Waals surface area contributed by atoms with Gasteiger partial charge in [-0.25, -0.2) is 23.2 Å². The summed E-state index contributed by atoms with van der Waals surface area (Å²) in [6.45, 7) is 2.73. The van der Waals surface area contributed by atoms with Crippen molar-refractivity contribution in [3.05, 3.63) is 81.5 Å². The van der Waals surface area contributed by atoms with E-state index in [2.05, 4.69) is 10.2 Å². The summed E-state index contributed by atoms with van der Waals surface area (Å²) in [6, 6.07) is 10.6. The lowest BCUT2D eigenvalue weighted by Gasteiger charge is -2.32. The molecule has 0 unspecified atom stereocenters. The molecule has 1 saturated heterocycles. The van der Waals surface area contributed by atoms with Crippen molar-refractivity contribution in [2.75, 3.05) is 13.1 Å². The van der Waals surface area contributed by atoms with E-state index in [0.29, 0.717) is 36.5 Å². The van der Waals surface area contributed by atoms with Crippen molar-refractivity contribution in [1.29, 1.82) is 0 Å². The Kier molecular flexibility index (Phi) is 5.48. The van der Waals surface area contributed by atoms with Crippen LogP contribution < -0.4 is 5.69 Å². The van der Waals surface area contributed by atoms with E-state index >= 15 is 0 Å². The first-order chi connectivity index (χ1) is 14.4. The second kappa shape index (κ2) is 8.22. The highest BCUT2D eigenvalue weighted by Crippen LogP contribution is 2.23. The molecule has 2 aromatic carbocycles. The van der Waals surface area contributed by atoms with Crippen LogP contribution in [0.1, 0.15) is 34.6 Å². The largest absolute Gasteiger partial charge is 0.348 e. The number of aryl methyl sites for hydroxylation is 1. The molecular weight excluding hydrogens is 390 g/mol. The molecule has 1 aromatic heterocycles. The lowest BCUT2D eigenvalue weighted by molar-refractivity contribution is 0.0689. The van der Waals surface area contributed by atoms with Crippen molar-refractivity contribution in [3.8, 4) is 5.69 Å². The van der Waals surface area contributed by atoms with Crippen LogP contribution in [0, 0.1) is 24.5 Å². The van der Waals surface area contributed by atoms with Crippen molar-refractivity contribution in [2.24, 2.45) is 5.92 Å². The number of piperidine rings is 1. The number of nitrogens with one attached hydrogen (secondary N) is 1. The Morgan fingerprint density at radius 1 is 1.13 bits per heavy atom. The highest BCUT2D eigenvalue weighted by Gasteiger charge is 2.26. The predicted molar refractivity (Wildman–Crippen MR) is 108 cm³/mol. The molecule has 3 aromatic rings. The Morgan fingerprint density at radius 2 is 1.87 bits per heavy atom. The van der Waals surface area contributed by atoms with Gasteiger partial charge in [0, 0.05) is 25.1 Å². The Morgan fingerprint density at radius 3 is 2.57 bits per heavy atom. The van der Waals surface area contributed by atoms with Crippen LogP contribution in [0.15, 0.2) is 47.3 Å². The maximum atomic E-state index is 14.2. The summed E-state index contributed by atoms with van der Waals surface area (Å²) in [5.74, 6) is -0.399. The molecular formula is C22H22F2N4O2. The van der Waals surface area contributed by atoms with Crippen LogP contribution in [0.25, 0.3) is 5.69 Å². The van der Waals surface area contributed by atoms with Crippen LogP contribution >= 0.6 is 0 Å². The number of hydrogen-bond donors (Lipinski definition) is 1. The van der Waals surface area contributed by atoms with E-state index in [-0.39, 0.29) is 23.3 Å². The van der Waals surface area contributed by atoms with Gasteiger partial charge in [0.15, 0.2) is 0 Å². The number of H-pyrrole nitrogens is 1. The molecule has 2 heterocycles. The van der Waals surface area contributed by atoms with E-state index in [1.165, 1.54) is 22.8 Å². The summed E-state index contributed by atoms with van der Waals surface area (Å²) in [5, 5.41) is 6.49. The lowest BCUT2D eigenvalue weighted by Crippen LogP contribution is -2.39. The Labute approximate surface area is 172 Å². The fourth-order valence-electron chi connectivity index (χ4n) is 3.85. The normalized spacial score (nSPS) is 14.8. The van der Waals surface area contributed by atoms with E-state index in [1.807, 2.05) is 0 Å². The average molecular weight is 412 g/mol. The number of carbonyl (C=O) groups excluding carboxylic acids is 1. The molecule has 6 nitrogen and oxygen atoms in total. The molecule has 30 heavy (non-hydrogen) atoms. The van der Waals surface area contributed by atoms with Crippen molar-refractivity contribution >= 4 is 5.91 Å². The van der Waals surface area contributed by atoms with Crippen molar-refractivity contribution in [2.45, 2.75) is 26.2 Å². The van der Waals surface area contributed by atoms with E-state index in [1.54, 1.807) is 36.1 Å². The molecule has 1 N–H and O–H groups in total. The van der Waals surface area contributed by atoms with Crippen molar-refractivity contribution in [1.82, 2.24) is 19.7 Å². The topological polar surface area (TPSA) is 71.0 Å². The number of halogens is 2. The van der Waals surface area contributed by atoms with Crippen LogP contribution in [-0.2, 0) is 6.42 Å². The number of rotatable bonds is 4. The summed E-state index contributed by atoms with van der Waals surface area (Å²) >= 11 is 0. The first-order valence-corrected chi connectivity index (χ1v) is 9.90. The van der Waals surface area contributed by atoms with Gasteiger partial charge in [-0.3, -0.25) is 4.79 Å². The van der Waals surface area contributed by atoms with Crippen LogP contribution in [0.5, 0.6) is 0 Å². The van der Waals surface area contributed by atoms with Crippen LogP contribution in [0.3, 0.4) is 0 Å². The monoisotopic (exact) mass is 412 g/mol. The number of carbonyl (C=O) groups is 1. The minimum absolute atomic E-state index is 0.167. The fraction of sp³-hybridized carbons (Fsp3) is 0.318. The standard InChI is InChI=1S/C22H22F2N4O2/c1-14-6-7-16(13-18(14)24)21(29)27-10-8-15(9-11-27)12-20-25-26-22(30)28(20)19-5-3-2-4-17(19)23/h2-7,13,15H,8-12H2,1H3,(H,26,30). The van der Waals surface area contributed by atoms with Crippen LogP contribution in [-0.4, -0.2) is 38.7 Å². The van der Waals surface area contributed by atoms with E-state index < -0.39 is 11.5 Å². The van der Waals surface area contributed by atoms with Gasteiger partial charge >= 0.3 is 5.69 Å². The number of amides is 1. The van der Waals surface area contributed by atoms with Gasteiger partial charge in [0.25, 0.3) is 5.91 Å². The zero-order valence-electron chi connectivity index (χ0n) is 16.6. The summed E-state index contributed by atoms with van der Waals surface area (Å²) in [5.41, 5.74) is 0.534. The Balaban J connectivity index is 1.44. The molecule has 0 spiro atoms. The molecule has 156 valence electrons. The van der Waals surface area contributed by atoms with Gasteiger partial charge in [-0.05, 0) is 55.5 Å². The zero-order chi connectivity index (χ0) is 21.3. The second-order valence-electron chi connectivity index (χ2n) is 7.64. The highest BCUT2D eigenvalue weighted by atomic mass is 19.1. The number of para-hydroxylation sites is 1. The number of aromatic nitrogens is 3. The average Bonchev–Trinajstić information content (AvgIpc) is 3.10. The molecule has 0 bridgehead atoms. The van der Waals surface area contributed by atoms with Gasteiger partial charge in [-0.15, -0.1) is 0 Å². The van der Waals surface area contributed by atoms with Crippen molar-refractivity contribution < 1.29 is 13.6 Å². The fourth-order valence-corrected chi connectivity index (χ4v) is 3.85. The molecule has 0 atom stereocenters. The number of nitrogens with zero attached hydrogens (tertiary/aromatic N) is 3. The highest BCUT2D eigenvalue weighted by molar-refractivity contribution is 5.94. The molecule has 1 aliphatic heterocycles. The molecule has 0 saturated carbocycles. The molecule has 0 aliphatic carbocycles. The van der Waals surface area contributed by atoms with Gasteiger partial charge in [0.2, 0.25) is 0 Å².